The van der Waals surface area contributed by atoms with E-state index in [1.807, 2.05) is 26.0 Å². The van der Waals surface area contributed by atoms with Crippen molar-refractivity contribution in [3.05, 3.63) is 87.4 Å². The van der Waals surface area contributed by atoms with Crippen LogP contribution >= 0.6 is 11.6 Å². The number of halogens is 1. The van der Waals surface area contributed by atoms with E-state index in [4.69, 9.17) is 21.1 Å². The van der Waals surface area contributed by atoms with Crippen LogP contribution in [-0.2, 0) is 9.59 Å². The van der Waals surface area contributed by atoms with E-state index in [1.54, 1.807) is 43.5 Å². The molecule has 2 N–H and O–H groups in total. The molecule has 1 saturated heterocycles. The van der Waals surface area contributed by atoms with E-state index in [1.165, 1.54) is 18.1 Å². The van der Waals surface area contributed by atoms with Crippen LogP contribution in [0.2, 0.25) is 5.02 Å². The Bertz CT molecular complexity index is 1550. The molecule has 1 aromatic heterocycles. The Hall–Kier alpha value is -4.30. The first-order valence-electron chi connectivity index (χ1n) is 11.5. The van der Waals surface area contributed by atoms with Crippen LogP contribution in [0.3, 0.4) is 0 Å². The van der Waals surface area contributed by atoms with E-state index in [9.17, 15) is 14.7 Å². The molecule has 8 nitrogen and oxygen atoms in total. The number of ether oxygens (including phenoxy) is 2. The van der Waals surface area contributed by atoms with Gasteiger partial charge in [-0.3, -0.25) is 14.5 Å². The monoisotopic (exact) mass is 517 g/mol. The number of H-pyrrole nitrogens is 1. The summed E-state index contributed by atoms with van der Waals surface area (Å²) in [6.07, 6.45) is 0. The molecular weight excluding hydrogens is 494 g/mol. The molecule has 1 aliphatic rings. The summed E-state index contributed by atoms with van der Waals surface area (Å²) in [5.41, 5.74) is 4.31. The van der Waals surface area contributed by atoms with Crippen LogP contribution in [0.15, 0.2) is 60.2 Å². The number of aromatic nitrogens is 2. The SMILES string of the molecule is COc1ccc(C2/C(=C(\O)c3ccc(Cl)c(OC)c3)C(=O)C(=O)N2c2nc3cc(C)c(C)cc3[nH]2)cc1. The fourth-order valence-corrected chi connectivity index (χ4v) is 4.68. The number of aliphatic hydroxyl groups is 1. The van der Waals surface area contributed by atoms with E-state index in [0.29, 0.717) is 27.6 Å². The average Bonchev–Trinajstić information content (AvgIpc) is 3.41. The van der Waals surface area contributed by atoms with Gasteiger partial charge in [-0.1, -0.05) is 23.7 Å². The van der Waals surface area contributed by atoms with Gasteiger partial charge in [0.15, 0.2) is 0 Å². The summed E-state index contributed by atoms with van der Waals surface area (Å²) in [7, 11) is 3.00. The summed E-state index contributed by atoms with van der Waals surface area (Å²) in [5.74, 6) is -0.854. The maximum Gasteiger partial charge on any atom is 0.302 e. The van der Waals surface area contributed by atoms with E-state index in [-0.39, 0.29) is 22.8 Å². The molecule has 0 spiro atoms. The van der Waals surface area contributed by atoms with Crippen LogP contribution in [0.4, 0.5) is 5.95 Å². The standard InChI is InChI=1S/C28H24ClN3O5/c1-14-11-20-21(12-15(14)2)31-28(30-20)32-24(16-5-8-18(36-3)9-6-16)23(26(34)27(32)35)25(33)17-7-10-19(29)22(13-17)37-4/h5-13,24,33H,1-4H3,(H,30,31)/b25-23+. The molecule has 0 bridgehead atoms. The molecule has 1 unspecified atom stereocenters. The maximum atomic E-state index is 13.4. The number of imidazole rings is 1. The van der Waals surface area contributed by atoms with Crippen LogP contribution in [0.5, 0.6) is 11.5 Å². The number of nitrogens with zero attached hydrogens (tertiary/aromatic N) is 2. The minimum absolute atomic E-state index is 0.0765. The summed E-state index contributed by atoms with van der Waals surface area (Å²) in [5, 5.41) is 11.7. The van der Waals surface area contributed by atoms with Crippen LogP contribution in [0.1, 0.15) is 28.3 Å². The normalized spacial score (nSPS) is 17.0. The summed E-state index contributed by atoms with van der Waals surface area (Å²) in [4.78, 5) is 36.0. The lowest BCUT2D eigenvalue weighted by atomic mass is 9.95. The molecule has 4 aromatic rings. The summed E-state index contributed by atoms with van der Waals surface area (Å²) in [6.45, 7) is 3.96. The zero-order valence-electron chi connectivity index (χ0n) is 20.6. The second-order valence-electron chi connectivity index (χ2n) is 8.81. The first kappa shape index (κ1) is 24.4. The van der Waals surface area contributed by atoms with Crippen LogP contribution in [-0.4, -0.2) is 41.0 Å². The predicted octanol–water partition coefficient (Wildman–Crippen LogP) is 5.48. The van der Waals surface area contributed by atoms with Gasteiger partial charge in [0.1, 0.15) is 17.3 Å². The molecule has 1 aliphatic heterocycles. The molecule has 0 radical (unpaired) electrons. The number of amides is 1. The van der Waals surface area contributed by atoms with Crippen molar-refractivity contribution in [3.63, 3.8) is 0 Å². The number of rotatable bonds is 5. The van der Waals surface area contributed by atoms with Crippen LogP contribution < -0.4 is 14.4 Å². The molecule has 188 valence electrons. The highest BCUT2D eigenvalue weighted by Gasteiger charge is 2.48. The first-order valence-corrected chi connectivity index (χ1v) is 11.9. The third-order valence-electron chi connectivity index (χ3n) is 6.61. The second kappa shape index (κ2) is 9.29. The molecular formula is C28H24ClN3O5. The van der Waals surface area contributed by atoms with Crippen molar-refractivity contribution in [1.29, 1.82) is 0 Å². The Balaban J connectivity index is 1.73. The number of ketones is 1. The van der Waals surface area contributed by atoms with Crippen molar-refractivity contribution in [3.8, 4) is 11.5 Å². The average molecular weight is 518 g/mol. The molecule has 0 saturated carbocycles. The maximum absolute atomic E-state index is 13.4. The molecule has 37 heavy (non-hydrogen) atoms. The number of carbonyl (C=O) groups is 2. The van der Waals surface area contributed by atoms with Gasteiger partial charge < -0.3 is 19.6 Å². The number of aryl methyl sites for hydroxylation is 2. The number of Topliss-reactive ketones (excluding diaryl/α,β-unsaturated/α-hetero) is 1. The minimum atomic E-state index is -0.949. The lowest BCUT2D eigenvalue weighted by Gasteiger charge is -2.23. The number of methoxy groups -OCH3 is 2. The zero-order valence-corrected chi connectivity index (χ0v) is 21.4. The zero-order chi connectivity index (χ0) is 26.4. The van der Waals surface area contributed by atoms with Crippen LogP contribution in [0, 0.1) is 13.8 Å². The van der Waals surface area contributed by atoms with Gasteiger partial charge >= 0.3 is 5.91 Å². The van der Waals surface area contributed by atoms with Crippen molar-refractivity contribution in [2.24, 2.45) is 0 Å². The molecule has 1 atom stereocenters. The molecule has 5 rings (SSSR count). The van der Waals surface area contributed by atoms with Crippen molar-refractivity contribution < 1.29 is 24.2 Å². The number of fused-ring (bicyclic) bond motifs is 1. The van der Waals surface area contributed by atoms with Gasteiger partial charge in [-0.2, -0.15) is 0 Å². The van der Waals surface area contributed by atoms with Gasteiger partial charge in [-0.15, -0.1) is 0 Å². The largest absolute Gasteiger partial charge is 0.507 e. The van der Waals surface area contributed by atoms with Crippen molar-refractivity contribution >= 4 is 46.0 Å². The number of aliphatic hydroxyl groups excluding tert-OH is 1. The van der Waals surface area contributed by atoms with E-state index in [0.717, 1.165) is 16.6 Å². The number of aromatic amines is 1. The topological polar surface area (TPSA) is 105 Å². The quantitative estimate of drug-likeness (QED) is 0.206. The Morgan fingerprint density at radius 2 is 1.70 bits per heavy atom. The van der Waals surface area contributed by atoms with Crippen LogP contribution in [0.25, 0.3) is 16.8 Å². The Kier molecular flexibility index (Phi) is 6.13. The van der Waals surface area contributed by atoms with E-state index in [2.05, 4.69) is 9.97 Å². The first-order chi connectivity index (χ1) is 17.7. The number of benzene rings is 3. The second-order valence-corrected chi connectivity index (χ2v) is 9.21. The van der Waals surface area contributed by atoms with Crippen molar-refractivity contribution in [2.75, 3.05) is 19.1 Å². The summed E-state index contributed by atoms with van der Waals surface area (Å²) >= 11 is 6.15. The smallest absolute Gasteiger partial charge is 0.302 e. The molecule has 9 heteroatoms. The Morgan fingerprint density at radius 1 is 1.00 bits per heavy atom. The number of hydrogen-bond donors (Lipinski definition) is 2. The number of carbonyl (C=O) groups excluding carboxylic acids is 2. The highest BCUT2D eigenvalue weighted by atomic mass is 35.5. The van der Waals surface area contributed by atoms with Crippen molar-refractivity contribution in [1.82, 2.24) is 9.97 Å². The van der Waals surface area contributed by atoms with Gasteiger partial charge in [0.25, 0.3) is 5.78 Å². The fraction of sp³-hybridized carbons (Fsp3) is 0.179. The lowest BCUT2D eigenvalue weighted by Crippen LogP contribution is -2.30. The van der Waals surface area contributed by atoms with Gasteiger partial charge in [0, 0.05) is 5.56 Å². The van der Waals surface area contributed by atoms with Crippen molar-refractivity contribution in [2.45, 2.75) is 19.9 Å². The molecule has 1 fully saturated rings. The van der Waals surface area contributed by atoms with E-state index >= 15 is 0 Å². The Morgan fingerprint density at radius 3 is 2.38 bits per heavy atom. The third-order valence-corrected chi connectivity index (χ3v) is 6.93. The summed E-state index contributed by atoms with van der Waals surface area (Å²) < 4.78 is 10.5. The van der Waals surface area contributed by atoms with Gasteiger partial charge in [-0.25, -0.2) is 4.98 Å². The Labute approximate surface area is 218 Å². The van der Waals surface area contributed by atoms with Gasteiger partial charge in [-0.05, 0) is 73.0 Å². The molecule has 2 heterocycles. The molecule has 3 aromatic carbocycles. The highest BCUT2D eigenvalue weighted by molar-refractivity contribution is 6.51. The lowest BCUT2D eigenvalue weighted by molar-refractivity contribution is -0.132. The fourth-order valence-electron chi connectivity index (χ4n) is 4.49. The number of nitrogens with one attached hydrogen (secondary N) is 1. The molecule has 1 amide bonds. The number of hydrogen-bond acceptors (Lipinski definition) is 6. The van der Waals surface area contributed by atoms with Gasteiger partial charge in [0.05, 0.1) is 41.9 Å². The predicted molar refractivity (Wildman–Crippen MR) is 141 cm³/mol. The third kappa shape index (κ3) is 4.09. The number of anilines is 1. The minimum Gasteiger partial charge on any atom is -0.507 e. The highest BCUT2D eigenvalue weighted by Crippen LogP contribution is 2.42. The summed E-state index contributed by atoms with van der Waals surface area (Å²) in [6, 6.07) is 14.5. The van der Waals surface area contributed by atoms with E-state index < -0.39 is 17.7 Å². The molecule has 0 aliphatic carbocycles. The van der Waals surface area contributed by atoms with Gasteiger partial charge in [0.2, 0.25) is 5.95 Å².